The molecule has 0 saturated carbocycles. The van der Waals surface area contributed by atoms with Gasteiger partial charge in [-0.3, -0.25) is 4.79 Å². The Morgan fingerprint density at radius 1 is 1.16 bits per heavy atom. The van der Waals surface area contributed by atoms with Gasteiger partial charge in [-0.1, -0.05) is 0 Å². The summed E-state index contributed by atoms with van der Waals surface area (Å²) in [6.45, 7) is 4.63. The van der Waals surface area contributed by atoms with E-state index in [2.05, 4.69) is 5.32 Å². The number of esters is 1. The zero-order chi connectivity index (χ0) is 18.8. The number of ether oxygens (including phenoxy) is 1. The van der Waals surface area contributed by atoms with E-state index in [0.29, 0.717) is 11.5 Å². The fraction of sp³-hybridized carbons (Fsp3) is 0.294. The summed E-state index contributed by atoms with van der Waals surface area (Å²) in [5.41, 5.74) is -0.446. The van der Waals surface area contributed by atoms with Gasteiger partial charge in [0.25, 0.3) is 5.91 Å². The molecule has 2 rings (SSSR count). The first-order valence-electron chi connectivity index (χ1n) is 7.34. The lowest BCUT2D eigenvalue weighted by molar-refractivity contribution is -0.137. The summed E-state index contributed by atoms with van der Waals surface area (Å²) >= 11 is 0. The molecule has 0 radical (unpaired) electrons. The Morgan fingerprint density at radius 2 is 1.76 bits per heavy atom. The highest BCUT2D eigenvalue weighted by Crippen LogP contribution is 2.29. The number of furan rings is 1. The lowest BCUT2D eigenvalue weighted by Gasteiger charge is -2.14. The van der Waals surface area contributed by atoms with E-state index in [-0.39, 0.29) is 11.3 Å². The zero-order valence-corrected chi connectivity index (χ0v) is 13.7. The van der Waals surface area contributed by atoms with Crippen LogP contribution in [0.4, 0.5) is 18.9 Å². The molecule has 0 aliphatic heterocycles. The molecular weight excluding hydrogens is 339 g/mol. The van der Waals surface area contributed by atoms with Gasteiger partial charge in [-0.2, -0.15) is 13.2 Å². The van der Waals surface area contributed by atoms with Crippen molar-refractivity contribution < 1.29 is 31.9 Å². The number of nitrogens with one attached hydrogen (secondary N) is 1. The molecule has 0 unspecified atom stereocenters. The van der Waals surface area contributed by atoms with Crippen LogP contribution in [0.15, 0.2) is 34.7 Å². The minimum Gasteiger partial charge on any atom is -0.466 e. The van der Waals surface area contributed by atoms with E-state index >= 15 is 0 Å². The van der Waals surface area contributed by atoms with Gasteiger partial charge in [0.15, 0.2) is 6.10 Å². The average Bonchev–Trinajstić information content (AvgIpc) is 2.85. The number of rotatable bonds is 4. The summed E-state index contributed by atoms with van der Waals surface area (Å²) in [6, 6.07) is 5.45. The topological polar surface area (TPSA) is 68.5 Å². The molecule has 1 aromatic heterocycles. The Labute approximate surface area is 141 Å². The quantitative estimate of drug-likeness (QED) is 0.839. The molecular formula is C17H16F3NO4. The van der Waals surface area contributed by atoms with Crippen molar-refractivity contribution in [1.29, 1.82) is 0 Å². The van der Waals surface area contributed by atoms with Crippen molar-refractivity contribution in [3.63, 3.8) is 0 Å². The van der Waals surface area contributed by atoms with E-state index in [0.717, 1.165) is 24.3 Å². The van der Waals surface area contributed by atoms with Crippen LogP contribution in [0, 0.1) is 13.8 Å². The first-order valence-corrected chi connectivity index (χ1v) is 7.34. The standard InChI is InChI=1S/C17H16F3NO4/c1-9-8-14(10(2)24-9)16(23)25-11(3)15(22)21-13-6-4-12(5-7-13)17(18,19)20/h4-8,11H,1-3H3,(H,21,22)/t11-/m1/s1. The van der Waals surface area contributed by atoms with Crippen LogP contribution in [0.2, 0.25) is 0 Å². The number of benzene rings is 1. The molecule has 2 aromatic rings. The molecule has 0 aliphatic rings. The van der Waals surface area contributed by atoms with Crippen LogP contribution in [-0.2, 0) is 15.7 Å². The SMILES string of the molecule is Cc1cc(C(=O)O[C@H](C)C(=O)Nc2ccc(C(F)(F)F)cc2)c(C)o1. The largest absolute Gasteiger partial charge is 0.466 e. The Balaban J connectivity index is 1.98. The third-order valence-corrected chi connectivity index (χ3v) is 3.39. The van der Waals surface area contributed by atoms with Gasteiger partial charge in [0, 0.05) is 5.69 Å². The molecule has 8 heteroatoms. The van der Waals surface area contributed by atoms with Gasteiger partial charge >= 0.3 is 12.1 Å². The van der Waals surface area contributed by atoms with Crippen LogP contribution < -0.4 is 5.32 Å². The minimum absolute atomic E-state index is 0.163. The number of halogens is 3. The number of hydrogen-bond acceptors (Lipinski definition) is 4. The highest BCUT2D eigenvalue weighted by molar-refractivity contribution is 5.97. The number of anilines is 1. The second kappa shape index (κ2) is 7.00. The van der Waals surface area contributed by atoms with Gasteiger partial charge in [0.1, 0.15) is 17.1 Å². The summed E-state index contributed by atoms with van der Waals surface area (Å²) in [5.74, 6) is -0.473. The molecule has 0 fully saturated rings. The second-order valence-corrected chi connectivity index (χ2v) is 5.44. The summed E-state index contributed by atoms with van der Waals surface area (Å²) in [4.78, 5) is 24.0. The number of alkyl halides is 3. The van der Waals surface area contributed by atoms with Crippen molar-refractivity contribution >= 4 is 17.6 Å². The van der Waals surface area contributed by atoms with Gasteiger partial charge in [-0.05, 0) is 51.1 Å². The van der Waals surface area contributed by atoms with Crippen molar-refractivity contribution in [2.75, 3.05) is 5.32 Å². The third kappa shape index (κ3) is 4.62. The first-order chi connectivity index (χ1) is 11.6. The Hall–Kier alpha value is -2.77. The van der Waals surface area contributed by atoms with Crippen LogP contribution in [0.5, 0.6) is 0 Å². The van der Waals surface area contributed by atoms with E-state index < -0.39 is 29.7 Å². The lowest BCUT2D eigenvalue weighted by Crippen LogP contribution is -2.30. The van der Waals surface area contributed by atoms with Crippen LogP contribution in [0.25, 0.3) is 0 Å². The van der Waals surface area contributed by atoms with Gasteiger partial charge in [0.2, 0.25) is 0 Å². The van der Waals surface area contributed by atoms with E-state index in [1.54, 1.807) is 13.8 Å². The molecule has 0 spiro atoms. The Bertz CT molecular complexity index is 778. The van der Waals surface area contributed by atoms with Crippen LogP contribution in [0.3, 0.4) is 0 Å². The van der Waals surface area contributed by atoms with Crippen molar-refractivity contribution in [3.8, 4) is 0 Å². The monoisotopic (exact) mass is 355 g/mol. The van der Waals surface area contributed by atoms with Gasteiger partial charge < -0.3 is 14.5 Å². The van der Waals surface area contributed by atoms with Crippen molar-refractivity contribution in [2.24, 2.45) is 0 Å². The highest BCUT2D eigenvalue weighted by Gasteiger charge is 2.30. The molecule has 5 nitrogen and oxygen atoms in total. The van der Waals surface area contributed by atoms with Gasteiger partial charge in [-0.25, -0.2) is 4.79 Å². The molecule has 0 aliphatic carbocycles. The number of aryl methyl sites for hydroxylation is 2. The number of hydrogen-bond donors (Lipinski definition) is 1. The van der Waals surface area contributed by atoms with Crippen molar-refractivity contribution in [2.45, 2.75) is 33.1 Å². The summed E-state index contributed by atoms with van der Waals surface area (Å²) in [6.07, 6.45) is -5.59. The molecule has 1 amide bonds. The van der Waals surface area contributed by atoms with E-state index in [9.17, 15) is 22.8 Å². The van der Waals surface area contributed by atoms with E-state index in [4.69, 9.17) is 9.15 Å². The third-order valence-electron chi connectivity index (χ3n) is 3.39. The minimum atomic E-state index is -4.45. The fourth-order valence-corrected chi connectivity index (χ4v) is 2.10. The molecule has 0 bridgehead atoms. The molecule has 1 N–H and O–H groups in total. The highest BCUT2D eigenvalue weighted by atomic mass is 19.4. The lowest BCUT2D eigenvalue weighted by atomic mass is 10.2. The maximum atomic E-state index is 12.5. The van der Waals surface area contributed by atoms with Gasteiger partial charge in [0.05, 0.1) is 5.56 Å². The summed E-state index contributed by atoms with van der Waals surface area (Å²) < 4.78 is 47.8. The first kappa shape index (κ1) is 18.6. The number of carbonyl (C=O) groups excluding carboxylic acids is 2. The molecule has 1 aromatic carbocycles. The summed E-state index contributed by atoms with van der Waals surface area (Å²) in [7, 11) is 0. The maximum Gasteiger partial charge on any atom is 0.416 e. The normalized spacial score (nSPS) is 12.6. The van der Waals surface area contributed by atoms with E-state index in [1.807, 2.05) is 0 Å². The smallest absolute Gasteiger partial charge is 0.416 e. The molecule has 134 valence electrons. The zero-order valence-electron chi connectivity index (χ0n) is 13.7. The molecule has 1 atom stereocenters. The molecule has 25 heavy (non-hydrogen) atoms. The number of carbonyl (C=O) groups is 2. The maximum absolute atomic E-state index is 12.5. The Morgan fingerprint density at radius 3 is 2.24 bits per heavy atom. The fourth-order valence-electron chi connectivity index (χ4n) is 2.10. The molecule has 1 heterocycles. The van der Waals surface area contributed by atoms with Crippen molar-refractivity contribution in [1.82, 2.24) is 0 Å². The second-order valence-electron chi connectivity index (χ2n) is 5.44. The van der Waals surface area contributed by atoms with Crippen molar-refractivity contribution in [3.05, 3.63) is 53.0 Å². The predicted octanol–water partition coefficient (Wildman–Crippen LogP) is 4.10. The van der Waals surface area contributed by atoms with Crippen LogP contribution >= 0.6 is 0 Å². The predicted molar refractivity (Wildman–Crippen MR) is 83.1 cm³/mol. The average molecular weight is 355 g/mol. The van der Waals surface area contributed by atoms with E-state index in [1.165, 1.54) is 13.0 Å². The number of amides is 1. The Kier molecular flexibility index (Phi) is 5.20. The molecule has 0 saturated heterocycles. The van der Waals surface area contributed by atoms with Gasteiger partial charge in [-0.15, -0.1) is 0 Å². The van der Waals surface area contributed by atoms with Crippen LogP contribution in [-0.4, -0.2) is 18.0 Å². The van der Waals surface area contributed by atoms with Crippen LogP contribution in [0.1, 0.15) is 34.4 Å². The summed E-state index contributed by atoms with van der Waals surface area (Å²) in [5, 5.41) is 2.39.